The lowest BCUT2D eigenvalue weighted by atomic mass is 10.1. The molecule has 7 nitrogen and oxygen atoms in total. The van der Waals surface area contributed by atoms with Crippen molar-refractivity contribution >= 4 is 16.7 Å². The zero-order valence-corrected chi connectivity index (χ0v) is 14.7. The van der Waals surface area contributed by atoms with E-state index in [1.165, 1.54) is 0 Å². The van der Waals surface area contributed by atoms with Gasteiger partial charge in [0.2, 0.25) is 11.8 Å². The predicted molar refractivity (Wildman–Crippen MR) is 93.0 cm³/mol. The van der Waals surface area contributed by atoms with Crippen molar-refractivity contribution in [3.05, 3.63) is 40.5 Å². The summed E-state index contributed by atoms with van der Waals surface area (Å²) >= 11 is 0. The zero-order chi connectivity index (χ0) is 17.4. The number of anilines is 1. The summed E-state index contributed by atoms with van der Waals surface area (Å²) in [5.41, 5.74) is 2.65. The Kier molecular flexibility index (Phi) is 4.17. The lowest BCUT2D eigenvalue weighted by molar-refractivity contribution is 0.414. The smallest absolute Gasteiger partial charge is 0.328 e. The van der Waals surface area contributed by atoms with Crippen LogP contribution in [-0.4, -0.2) is 19.3 Å². The molecule has 3 rings (SSSR count). The van der Waals surface area contributed by atoms with Gasteiger partial charge in [-0.2, -0.15) is 0 Å². The molecule has 0 spiro atoms. The fraction of sp³-hybridized carbons (Fsp3) is 0.471. The Labute approximate surface area is 140 Å². The lowest BCUT2D eigenvalue weighted by Gasteiger charge is -2.11. The van der Waals surface area contributed by atoms with Gasteiger partial charge in [0.05, 0.1) is 11.0 Å². The summed E-state index contributed by atoms with van der Waals surface area (Å²) < 4.78 is 8.99. The SMILES string of the molecule is CC(C)Cc1nnc(C(C)Nc2ccc3c(c2)n(C)c(=O)n3C)o1. The van der Waals surface area contributed by atoms with Crippen molar-refractivity contribution in [2.45, 2.75) is 33.2 Å². The number of aryl methyl sites for hydroxylation is 2. The van der Waals surface area contributed by atoms with Crippen molar-refractivity contribution in [1.29, 1.82) is 0 Å². The first-order valence-electron chi connectivity index (χ1n) is 8.11. The molecular formula is C17H23N5O2. The largest absolute Gasteiger partial charge is 0.423 e. The molecule has 1 unspecified atom stereocenters. The Morgan fingerprint density at radius 2 is 1.83 bits per heavy atom. The highest BCUT2D eigenvalue weighted by Gasteiger charge is 2.15. The molecular weight excluding hydrogens is 306 g/mol. The first kappa shape index (κ1) is 16.3. The Balaban J connectivity index is 1.82. The van der Waals surface area contributed by atoms with E-state index in [2.05, 4.69) is 29.4 Å². The summed E-state index contributed by atoms with van der Waals surface area (Å²) in [4.78, 5) is 12.0. The fourth-order valence-electron chi connectivity index (χ4n) is 2.78. The molecule has 128 valence electrons. The van der Waals surface area contributed by atoms with Crippen molar-refractivity contribution in [1.82, 2.24) is 19.3 Å². The Morgan fingerprint density at radius 1 is 1.12 bits per heavy atom. The van der Waals surface area contributed by atoms with Crippen LogP contribution >= 0.6 is 0 Å². The second-order valence-corrected chi connectivity index (χ2v) is 6.60. The third kappa shape index (κ3) is 2.93. The fourth-order valence-corrected chi connectivity index (χ4v) is 2.78. The minimum atomic E-state index is -0.114. The van der Waals surface area contributed by atoms with Crippen LogP contribution in [0.15, 0.2) is 27.4 Å². The van der Waals surface area contributed by atoms with Crippen LogP contribution in [0.5, 0.6) is 0 Å². The number of hydrogen-bond donors (Lipinski definition) is 1. The molecule has 0 aliphatic carbocycles. The summed E-state index contributed by atoms with van der Waals surface area (Å²) in [6.45, 7) is 6.21. The maximum atomic E-state index is 12.0. The molecule has 2 heterocycles. The van der Waals surface area contributed by atoms with Crippen molar-refractivity contribution in [3.8, 4) is 0 Å². The van der Waals surface area contributed by atoms with E-state index in [9.17, 15) is 4.79 Å². The van der Waals surface area contributed by atoms with Gasteiger partial charge in [0.25, 0.3) is 0 Å². The summed E-state index contributed by atoms with van der Waals surface area (Å²) in [7, 11) is 3.54. The lowest BCUT2D eigenvalue weighted by Crippen LogP contribution is -2.19. The van der Waals surface area contributed by atoms with Gasteiger partial charge in [0.15, 0.2) is 0 Å². The number of benzene rings is 1. The molecule has 0 saturated heterocycles. The van der Waals surface area contributed by atoms with Crippen molar-refractivity contribution in [2.75, 3.05) is 5.32 Å². The van der Waals surface area contributed by atoms with Crippen molar-refractivity contribution in [3.63, 3.8) is 0 Å². The Hall–Kier alpha value is -2.57. The van der Waals surface area contributed by atoms with Gasteiger partial charge in [-0.3, -0.25) is 9.13 Å². The second-order valence-electron chi connectivity index (χ2n) is 6.60. The summed E-state index contributed by atoms with van der Waals surface area (Å²) in [5.74, 6) is 1.70. The Bertz CT molecular complexity index is 919. The zero-order valence-electron chi connectivity index (χ0n) is 14.7. The molecule has 0 aliphatic heterocycles. The first-order valence-corrected chi connectivity index (χ1v) is 8.11. The molecule has 0 radical (unpaired) electrons. The van der Waals surface area contributed by atoms with E-state index in [4.69, 9.17) is 4.42 Å². The number of imidazole rings is 1. The molecule has 1 aromatic carbocycles. The van der Waals surface area contributed by atoms with Crippen molar-refractivity contribution in [2.24, 2.45) is 20.0 Å². The molecule has 3 aromatic rings. The van der Waals surface area contributed by atoms with Crippen molar-refractivity contribution < 1.29 is 4.42 Å². The third-order valence-electron chi connectivity index (χ3n) is 4.09. The van der Waals surface area contributed by atoms with Gasteiger partial charge in [-0.1, -0.05) is 13.8 Å². The van der Waals surface area contributed by atoms with E-state index < -0.39 is 0 Å². The van der Waals surface area contributed by atoms with Gasteiger partial charge < -0.3 is 9.73 Å². The van der Waals surface area contributed by atoms with Crippen LogP contribution in [0.3, 0.4) is 0 Å². The molecule has 7 heteroatoms. The minimum Gasteiger partial charge on any atom is -0.423 e. The van der Waals surface area contributed by atoms with Gasteiger partial charge in [0, 0.05) is 26.2 Å². The van der Waals surface area contributed by atoms with Crippen LogP contribution in [0.2, 0.25) is 0 Å². The number of fused-ring (bicyclic) bond motifs is 1. The molecule has 1 N–H and O–H groups in total. The number of nitrogens with zero attached hydrogens (tertiary/aromatic N) is 4. The van der Waals surface area contributed by atoms with E-state index in [1.54, 1.807) is 23.2 Å². The van der Waals surface area contributed by atoms with E-state index in [0.717, 1.165) is 23.1 Å². The first-order chi connectivity index (χ1) is 11.4. The van der Waals surface area contributed by atoms with Gasteiger partial charge in [0.1, 0.15) is 6.04 Å². The van der Waals surface area contributed by atoms with Crippen LogP contribution < -0.4 is 11.0 Å². The van der Waals surface area contributed by atoms with Gasteiger partial charge >= 0.3 is 5.69 Å². The summed E-state index contributed by atoms with van der Waals surface area (Å²) in [6.07, 6.45) is 0.776. The monoisotopic (exact) mass is 329 g/mol. The van der Waals surface area contributed by atoms with Crippen LogP contribution in [0, 0.1) is 5.92 Å². The molecule has 24 heavy (non-hydrogen) atoms. The van der Waals surface area contributed by atoms with Crippen LogP contribution in [-0.2, 0) is 20.5 Å². The molecule has 0 amide bonds. The quantitative estimate of drug-likeness (QED) is 0.778. The predicted octanol–water partition coefficient (Wildman–Crippen LogP) is 2.63. The maximum absolute atomic E-state index is 12.0. The minimum absolute atomic E-state index is 0.0366. The molecule has 0 saturated carbocycles. The normalized spacial score (nSPS) is 12.9. The molecule has 0 bridgehead atoms. The third-order valence-corrected chi connectivity index (χ3v) is 4.09. The topological polar surface area (TPSA) is 77.9 Å². The number of hydrogen-bond acceptors (Lipinski definition) is 5. The van der Waals surface area contributed by atoms with Gasteiger partial charge in [-0.15, -0.1) is 10.2 Å². The molecule has 2 aromatic heterocycles. The maximum Gasteiger partial charge on any atom is 0.328 e. The number of nitrogens with one attached hydrogen (secondary N) is 1. The highest BCUT2D eigenvalue weighted by atomic mass is 16.4. The van der Waals surface area contributed by atoms with E-state index >= 15 is 0 Å². The summed E-state index contributed by atoms with van der Waals surface area (Å²) in [6, 6.07) is 5.73. The van der Waals surface area contributed by atoms with E-state index in [0.29, 0.717) is 17.7 Å². The van der Waals surface area contributed by atoms with Crippen LogP contribution in [0.25, 0.3) is 11.0 Å². The van der Waals surface area contributed by atoms with Gasteiger partial charge in [-0.25, -0.2) is 4.79 Å². The molecule has 0 fully saturated rings. The summed E-state index contributed by atoms with van der Waals surface area (Å²) in [5, 5.41) is 11.6. The second kappa shape index (κ2) is 6.14. The molecule has 0 aliphatic rings. The molecule has 1 atom stereocenters. The number of aromatic nitrogens is 4. The average molecular weight is 329 g/mol. The van der Waals surface area contributed by atoms with E-state index in [-0.39, 0.29) is 11.7 Å². The van der Waals surface area contributed by atoms with E-state index in [1.807, 2.05) is 25.1 Å². The van der Waals surface area contributed by atoms with Crippen LogP contribution in [0.1, 0.15) is 38.6 Å². The van der Waals surface area contributed by atoms with Crippen LogP contribution in [0.4, 0.5) is 5.69 Å². The highest BCUT2D eigenvalue weighted by Crippen LogP contribution is 2.22. The number of rotatable bonds is 5. The van der Waals surface area contributed by atoms with Gasteiger partial charge in [-0.05, 0) is 31.0 Å². The average Bonchev–Trinajstić information content (AvgIpc) is 3.07. The highest BCUT2D eigenvalue weighted by molar-refractivity contribution is 5.80. The standard InChI is InChI=1S/C17H23N5O2/c1-10(2)8-15-19-20-16(24-15)11(3)18-12-6-7-13-14(9-12)22(5)17(23)21(13)4/h6-7,9-11,18H,8H2,1-5H3. The Morgan fingerprint density at radius 3 is 2.54 bits per heavy atom.